The molecule has 0 rings (SSSR count). The number of hydrogen-bond acceptors (Lipinski definition) is 3. The van der Waals surface area contributed by atoms with Gasteiger partial charge in [-0.3, -0.25) is 4.79 Å². The molecule has 4 nitrogen and oxygen atoms in total. The minimum Gasteiger partial charge on any atom is -0.481 e. The molecule has 0 bridgehead atoms. The number of carboxylic acids is 1. The standard InChI is InChI=1S/C6H11NO3.2C2H6/c7-5(3-4-8)1-2-6(9)10;2*1-2/h4-5H,1-3,7H2,(H,9,10);2*1-2H3. The molecule has 3 N–H and O–H groups in total. The molecule has 4 heteroatoms. The number of hydrogen-bond donors (Lipinski definition) is 2. The molecule has 0 aliphatic carbocycles. The largest absolute Gasteiger partial charge is 0.481 e. The van der Waals surface area contributed by atoms with Gasteiger partial charge in [0.1, 0.15) is 6.29 Å². The van der Waals surface area contributed by atoms with E-state index < -0.39 is 5.97 Å². The molecule has 0 aromatic rings. The first-order valence-corrected chi connectivity index (χ1v) is 5.08. The molecular formula is C10H23NO3. The van der Waals surface area contributed by atoms with Crippen LogP contribution in [0.3, 0.4) is 0 Å². The van der Waals surface area contributed by atoms with Crippen LogP contribution in [0.25, 0.3) is 0 Å². The molecule has 14 heavy (non-hydrogen) atoms. The van der Waals surface area contributed by atoms with Gasteiger partial charge in [-0.2, -0.15) is 0 Å². The van der Waals surface area contributed by atoms with E-state index in [0.717, 1.165) is 0 Å². The van der Waals surface area contributed by atoms with Gasteiger partial charge < -0.3 is 15.6 Å². The fraction of sp³-hybridized carbons (Fsp3) is 0.800. The lowest BCUT2D eigenvalue weighted by Crippen LogP contribution is -2.21. The predicted molar refractivity (Wildman–Crippen MR) is 58.2 cm³/mol. The van der Waals surface area contributed by atoms with E-state index in [1.54, 1.807) is 0 Å². The van der Waals surface area contributed by atoms with Crippen molar-refractivity contribution in [3.63, 3.8) is 0 Å². The van der Waals surface area contributed by atoms with Crippen molar-refractivity contribution in [3.8, 4) is 0 Å². The molecule has 0 radical (unpaired) electrons. The third-order valence-electron chi connectivity index (χ3n) is 1.13. The normalized spacial score (nSPS) is 9.79. The van der Waals surface area contributed by atoms with Crippen molar-refractivity contribution < 1.29 is 14.7 Å². The second-order valence-corrected chi connectivity index (χ2v) is 2.09. The lowest BCUT2D eigenvalue weighted by atomic mass is 10.1. The fourth-order valence-corrected chi connectivity index (χ4v) is 0.550. The van der Waals surface area contributed by atoms with Gasteiger partial charge in [0.25, 0.3) is 0 Å². The molecule has 1 atom stereocenters. The number of aliphatic carboxylic acids is 1. The van der Waals surface area contributed by atoms with Gasteiger partial charge in [-0.25, -0.2) is 0 Å². The average Bonchev–Trinajstić information content (AvgIpc) is 2.21. The highest BCUT2D eigenvalue weighted by Crippen LogP contribution is 1.96. The maximum absolute atomic E-state index is 9.96. The first-order valence-electron chi connectivity index (χ1n) is 5.08. The summed E-state index contributed by atoms with van der Waals surface area (Å²) in [5, 5.41) is 8.19. The smallest absolute Gasteiger partial charge is 0.303 e. The van der Waals surface area contributed by atoms with Gasteiger partial charge >= 0.3 is 5.97 Å². The Kier molecular flexibility index (Phi) is 24.2. The highest BCUT2D eigenvalue weighted by molar-refractivity contribution is 5.66. The Morgan fingerprint density at radius 3 is 2.07 bits per heavy atom. The topological polar surface area (TPSA) is 80.4 Å². The summed E-state index contributed by atoms with van der Waals surface area (Å²) in [6.45, 7) is 8.00. The van der Waals surface area contributed by atoms with E-state index in [1.807, 2.05) is 27.7 Å². The number of carbonyl (C=O) groups is 2. The van der Waals surface area contributed by atoms with Crippen LogP contribution in [0, 0.1) is 0 Å². The Labute approximate surface area is 86.5 Å². The van der Waals surface area contributed by atoms with Crippen LogP contribution in [-0.4, -0.2) is 23.4 Å². The van der Waals surface area contributed by atoms with Crippen LogP contribution >= 0.6 is 0 Å². The number of rotatable bonds is 5. The SMILES string of the molecule is CC.CC.NC(CC=O)CCC(=O)O. The number of aldehydes is 1. The zero-order valence-electron chi connectivity index (χ0n) is 9.62. The van der Waals surface area contributed by atoms with Crippen molar-refractivity contribution in [2.24, 2.45) is 5.73 Å². The maximum atomic E-state index is 9.96. The van der Waals surface area contributed by atoms with Crippen molar-refractivity contribution >= 4 is 12.3 Å². The summed E-state index contributed by atoms with van der Waals surface area (Å²) in [4.78, 5) is 19.8. The minimum atomic E-state index is -0.874. The highest BCUT2D eigenvalue weighted by atomic mass is 16.4. The van der Waals surface area contributed by atoms with Crippen LogP contribution in [0.1, 0.15) is 47.0 Å². The Morgan fingerprint density at radius 2 is 1.79 bits per heavy atom. The number of carboxylic acid groups (broad SMARTS) is 1. The first kappa shape index (κ1) is 18.8. The van der Waals surface area contributed by atoms with Gasteiger partial charge in [0.05, 0.1) is 0 Å². The first-order chi connectivity index (χ1) is 6.66. The van der Waals surface area contributed by atoms with Crippen molar-refractivity contribution in [3.05, 3.63) is 0 Å². The fourth-order valence-electron chi connectivity index (χ4n) is 0.550. The molecule has 86 valence electrons. The molecule has 0 fully saturated rings. The second kappa shape index (κ2) is 18.0. The van der Waals surface area contributed by atoms with Crippen LogP contribution in [0.4, 0.5) is 0 Å². The molecule has 0 saturated carbocycles. The van der Waals surface area contributed by atoms with Crippen molar-refractivity contribution in [1.82, 2.24) is 0 Å². The van der Waals surface area contributed by atoms with Crippen LogP contribution in [-0.2, 0) is 9.59 Å². The van der Waals surface area contributed by atoms with Crippen LogP contribution < -0.4 is 5.73 Å². The molecule has 0 spiro atoms. The van der Waals surface area contributed by atoms with Crippen LogP contribution in [0.2, 0.25) is 0 Å². The molecule has 0 amide bonds. The third kappa shape index (κ3) is 22.5. The Bertz CT molecular complexity index is 127. The van der Waals surface area contributed by atoms with E-state index in [9.17, 15) is 9.59 Å². The Balaban J connectivity index is -0.000000266. The van der Waals surface area contributed by atoms with Gasteiger partial charge in [0.2, 0.25) is 0 Å². The zero-order chi connectivity index (χ0) is 12.0. The second-order valence-electron chi connectivity index (χ2n) is 2.09. The molecule has 0 aliphatic heterocycles. The summed E-state index contributed by atoms with van der Waals surface area (Å²) < 4.78 is 0. The van der Waals surface area contributed by atoms with Gasteiger partial charge in [0, 0.05) is 18.9 Å². The highest BCUT2D eigenvalue weighted by Gasteiger charge is 2.03. The molecule has 0 aromatic carbocycles. The summed E-state index contributed by atoms with van der Waals surface area (Å²) >= 11 is 0. The quantitative estimate of drug-likeness (QED) is 0.671. The molecule has 0 aromatic heterocycles. The maximum Gasteiger partial charge on any atom is 0.303 e. The molecule has 1 unspecified atom stereocenters. The zero-order valence-corrected chi connectivity index (χ0v) is 9.62. The summed E-state index contributed by atoms with van der Waals surface area (Å²) in [5.41, 5.74) is 5.34. The van der Waals surface area contributed by atoms with E-state index in [1.165, 1.54) is 0 Å². The molecule has 0 aliphatic rings. The predicted octanol–water partition coefficient (Wildman–Crippen LogP) is 1.82. The van der Waals surface area contributed by atoms with Crippen molar-refractivity contribution in [2.45, 2.75) is 53.0 Å². The van der Waals surface area contributed by atoms with E-state index in [2.05, 4.69) is 0 Å². The monoisotopic (exact) mass is 205 g/mol. The van der Waals surface area contributed by atoms with E-state index in [-0.39, 0.29) is 18.9 Å². The lowest BCUT2D eigenvalue weighted by molar-refractivity contribution is -0.137. The average molecular weight is 205 g/mol. The van der Waals surface area contributed by atoms with Crippen molar-refractivity contribution in [2.75, 3.05) is 0 Å². The number of nitrogens with two attached hydrogens (primary N) is 1. The third-order valence-corrected chi connectivity index (χ3v) is 1.13. The number of carbonyl (C=O) groups excluding carboxylic acids is 1. The van der Waals surface area contributed by atoms with Gasteiger partial charge in [-0.15, -0.1) is 0 Å². The van der Waals surface area contributed by atoms with Gasteiger partial charge in [-0.1, -0.05) is 27.7 Å². The summed E-state index contributed by atoms with van der Waals surface area (Å²) in [7, 11) is 0. The van der Waals surface area contributed by atoms with E-state index in [4.69, 9.17) is 10.8 Å². The van der Waals surface area contributed by atoms with Crippen LogP contribution in [0.5, 0.6) is 0 Å². The Morgan fingerprint density at radius 1 is 1.36 bits per heavy atom. The molecular weight excluding hydrogens is 182 g/mol. The van der Waals surface area contributed by atoms with Gasteiger partial charge in [-0.05, 0) is 6.42 Å². The van der Waals surface area contributed by atoms with E-state index >= 15 is 0 Å². The minimum absolute atomic E-state index is 0.0367. The molecule has 0 heterocycles. The summed E-state index contributed by atoms with van der Waals surface area (Å²) in [6.07, 6.45) is 1.35. The van der Waals surface area contributed by atoms with Gasteiger partial charge in [0.15, 0.2) is 0 Å². The van der Waals surface area contributed by atoms with E-state index in [0.29, 0.717) is 12.7 Å². The summed E-state index contributed by atoms with van der Waals surface area (Å²) in [6, 6.07) is -0.298. The van der Waals surface area contributed by atoms with Crippen LogP contribution in [0.15, 0.2) is 0 Å². The molecule has 0 saturated heterocycles. The summed E-state index contributed by atoms with van der Waals surface area (Å²) in [5.74, 6) is -0.874. The van der Waals surface area contributed by atoms with Crippen molar-refractivity contribution in [1.29, 1.82) is 0 Å². The lowest BCUT2D eigenvalue weighted by Gasteiger charge is -2.03. The Hall–Kier alpha value is -0.900.